The second-order valence-electron chi connectivity index (χ2n) is 3.51. The van der Waals surface area contributed by atoms with Gasteiger partial charge >= 0.3 is 0 Å². The predicted octanol–water partition coefficient (Wildman–Crippen LogP) is 2.42. The number of rotatable bonds is 4. The number of ether oxygens (including phenoxy) is 1. The quantitative estimate of drug-likeness (QED) is 0.723. The fourth-order valence-electron chi connectivity index (χ4n) is 1.32. The molecular weight excluding hydrogens is 176 g/mol. The highest BCUT2D eigenvalue weighted by atomic mass is 16.5. The summed E-state index contributed by atoms with van der Waals surface area (Å²) in [6.45, 7) is 4.19. The Bertz CT molecular complexity index is 299. The highest BCUT2D eigenvalue weighted by Gasteiger charge is 2.03. The highest BCUT2D eigenvalue weighted by Crippen LogP contribution is 2.22. The van der Waals surface area contributed by atoms with E-state index in [9.17, 15) is 0 Å². The summed E-state index contributed by atoms with van der Waals surface area (Å²) in [6.07, 6.45) is 2.39. The van der Waals surface area contributed by atoms with E-state index < -0.39 is 0 Å². The van der Waals surface area contributed by atoms with Crippen molar-refractivity contribution in [2.24, 2.45) is 0 Å². The molecule has 4 N–H and O–H groups in total. The first-order chi connectivity index (χ1) is 6.63. The minimum atomic E-state index is 0.225. The standard InChI is InChI=1S/C11H18N2O/c1-3-4-8(2)14-9-5-6-10(12)11(13)7-9/h5-8H,3-4,12-13H2,1-2H3. The third kappa shape index (κ3) is 2.83. The molecule has 0 aromatic heterocycles. The van der Waals surface area contributed by atoms with Gasteiger partial charge in [-0.3, -0.25) is 0 Å². The number of anilines is 2. The zero-order valence-electron chi connectivity index (χ0n) is 8.79. The Hall–Kier alpha value is -1.38. The number of hydrogen-bond donors (Lipinski definition) is 2. The van der Waals surface area contributed by atoms with Crippen molar-refractivity contribution >= 4 is 11.4 Å². The van der Waals surface area contributed by atoms with E-state index in [1.165, 1.54) is 0 Å². The van der Waals surface area contributed by atoms with Gasteiger partial charge in [-0.1, -0.05) is 13.3 Å². The lowest BCUT2D eigenvalue weighted by molar-refractivity contribution is 0.210. The molecule has 0 spiro atoms. The molecule has 1 atom stereocenters. The van der Waals surface area contributed by atoms with Gasteiger partial charge in [-0.2, -0.15) is 0 Å². The van der Waals surface area contributed by atoms with Crippen LogP contribution in [0, 0.1) is 0 Å². The van der Waals surface area contributed by atoms with Gasteiger partial charge in [0.05, 0.1) is 17.5 Å². The molecule has 0 saturated heterocycles. The van der Waals surface area contributed by atoms with Crippen LogP contribution in [0.4, 0.5) is 11.4 Å². The number of nitrogens with two attached hydrogens (primary N) is 2. The Morgan fingerprint density at radius 1 is 1.29 bits per heavy atom. The maximum Gasteiger partial charge on any atom is 0.121 e. The van der Waals surface area contributed by atoms with E-state index in [0.29, 0.717) is 11.4 Å². The van der Waals surface area contributed by atoms with Gasteiger partial charge in [0.2, 0.25) is 0 Å². The molecule has 0 aliphatic rings. The lowest BCUT2D eigenvalue weighted by Crippen LogP contribution is -2.11. The van der Waals surface area contributed by atoms with Crippen LogP contribution in [-0.2, 0) is 0 Å². The van der Waals surface area contributed by atoms with Gasteiger partial charge in [0, 0.05) is 6.07 Å². The van der Waals surface area contributed by atoms with Crippen molar-refractivity contribution in [2.45, 2.75) is 32.8 Å². The smallest absolute Gasteiger partial charge is 0.121 e. The fourth-order valence-corrected chi connectivity index (χ4v) is 1.32. The Balaban J connectivity index is 2.63. The van der Waals surface area contributed by atoms with E-state index in [-0.39, 0.29) is 6.10 Å². The second kappa shape index (κ2) is 4.74. The average Bonchev–Trinajstić information content (AvgIpc) is 2.12. The molecule has 0 amide bonds. The molecule has 1 aromatic carbocycles. The molecule has 0 bridgehead atoms. The maximum atomic E-state index is 5.67. The van der Waals surface area contributed by atoms with E-state index >= 15 is 0 Å². The van der Waals surface area contributed by atoms with Gasteiger partial charge in [-0.15, -0.1) is 0 Å². The monoisotopic (exact) mass is 194 g/mol. The van der Waals surface area contributed by atoms with Crippen molar-refractivity contribution in [1.29, 1.82) is 0 Å². The number of benzene rings is 1. The molecule has 1 rings (SSSR count). The Labute approximate surface area is 85.0 Å². The molecule has 0 aliphatic carbocycles. The SMILES string of the molecule is CCCC(C)Oc1ccc(N)c(N)c1. The van der Waals surface area contributed by atoms with Gasteiger partial charge in [0.1, 0.15) is 5.75 Å². The first kappa shape index (κ1) is 10.7. The molecule has 78 valence electrons. The van der Waals surface area contributed by atoms with E-state index in [2.05, 4.69) is 13.8 Å². The predicted molar refractivity (Wildman–Crippen MR) is 60.3 cm³/mol. The van der Waals surface area contributed by atoms with Crippen LogP contribution in [0.25, 0.3) is 0 Å². The summed E-state index contributed by atoms with van der Waals surface area (Å²) < 4.78 is 5.65. The zero-order valence-corrected chi connectivity index (χ0v) is 8.79. The van der Waals surface area contributed by atoms with Gasteiger partial charge < -0.3 is 16.2 Å². The highest BCUT2D eigenvalue weighted by molar-refractivity contribution is 5.65. The van der Waals surface area contributed by atoms with Crippen molar-refractivity contribution in [2.75, 3.05) is 11.5 Å². The largest absolute Gasteiger partial charge is 0.491 e. The zero-order chi connectivity index (χ0) is 10.6. The lowest BCUT2D eigenvalue weighted by atomic mass is 10.2. The van der Waals surface area contributed by atoms with E-state index in [4.69, 9.17) is 16.2 Å². The first-order valence-corrected chi connectivity index (χ1v) is 4.95. The van der Waals surface area contributed by atoms with Crippen LogP contribution in [0.2, 0.25) is 0 Å². The fraction of sp³-hybridized carbons (Fsp3) is 0.455. The normalized spacial score (nSPS) is 12.4. The molecule has 0 heterocycles. The third-order valence-corrected chi connectivity index (χ3v) is 2.09. The molecule has 1 unspecified atom stereocenters. The topological polar surface area (TPSA) is 61.3 Å². The molecule has 0 fully saturated rings. The Kier molecular flexibility index (Phi) is 3.63. The Morgan fingerprint density at radius 3 is 2.57 bits per heavy atom. The van der Waals surface area contributed by atoms with E-state index in [1.807, 2.05) is 6.07 Å². The van der Waals surface area contributed by atoms with Crippen LogP contribution in [0.1, 0.15) is 26.7 Å². The van der Waals surface area contributed by atoms with Crippen molar-refractivity contribution in [3.8, 4) is 5.75 Å². The number of hydrogen-bond acceptors (Lipinski definition) is 3. The summed E-state index contributed by atoms with van der Waals surface area (Å²) in [5, 5.41) is 0. The van der Waals surface area contributed by atoms with Crippen LogP contribution in [0.3, 0.4) is 0 Å². The molecule has 0 aliphatic heterocycles. The maximum absolute atomic E-state index is 5.67. The van der Waals surface area contributed by atoms with Crippen LogP contribution in [-0.4, -0.2) is 6.10 Å². The summed E-state index contributed by atoms with van der Waals surface area (Å²) in [6, 6.07) is 5.38. The lowest BCUT2D eigenvalue weighted by Gasteiger charge is -2.14. The summed E-state index contributed by atoms with van der Waals surface area (Å²) in [4.78, 5) is 0. The van der Waals surface area contributed by atoms with Gasteiger partial charge in [0.15, 0.2) is 0 Å². The first-order valence-electron chi connectivity index (χ1n) is 4.95. The van der Waals surface area contributed by atoms with Crippen LogP contribution >= 0.6 is 0 Å². The van der Waals surface area contributed by atoms with Crippen molar-refractivity contribution in [3.05, 3.63) is 18.2 Å². The minimum Gasteiger partial charge on any atom is -0.491 e. The molecule has 3 nitrogen and oxygen atoms in total. The molecule has 1 aromatic rings. The molecule has 0 saturated carbocycles. The van der Waals surface area contributed by atoms with Crippen molar-refractivity contribution < 1.29 is 4.74 Å². The Morgan fingerprint density at radius 2 is 2.00 bits per heavy atom. The van der Waals surface area contributed by atoms with Crippen molar-refractivity contribution in [3.63, 3.8) is 0 Å². The van der Waals surface area contributed by atoms with Crippen LogP contribution in [0.15, 0.2) is 18.2 Å². The molecule has 3 heteroatoms. The molecule has 14 heavy (non-hydrogen) atoms. The van der Waals surface area contributed by atoms with Crippen LogP contribution in [0.5, 0.6) is 5.75 Å². The van der Waals surface area contributed by atoms with Gasteiger partial charge in [0.25, 0.3) is 0 Å². The third-order valence-electron chi connectivity index (χ3n) is 2.09. The second-order valence-corrected chi connectivity index (χ2v) is 3.51. The summed E-state index contributed by atoms with van der Waals surface area (Å²) in [5.74, 6) is 0.789. The van der Waals surface area contributed by atoms with E-state index in [0.717, 1.165) is 18.6 Å². The molecular formula is C11H18N2O. The average molecular weight is 194 g/mol. The van der Waals surface area contributed by atoms with E-state index in [1.54, 1.807) is 12.1 Å². The summed E-state index contributed by atoms with van der Waals surface area (Å²) in [5.41, 5.74) is 12.4. The number of nitrogen functional groups attached to an aromatic ring is 2. The van der Waals surface area contributed by atoms with Gasteiger partial charge in [-0.25, -0.2) is 0 Å². The molecule has 0 radical (unpaired) electrons. The summed E-state index contributed by atoms with van der Waals surface area (Å²) >= 11 is 0. The van der Waals surface area contributed by atoms with Crippen molar-refractivity contribution in [1.82, 2.24) is 0 Å². The minimum absolute atomic E-state index is 0.225. The summed E-state index contributed by atoms with van der Waals surface area (Å²) in [7, 11) is 0. The van der Waals surface area contributed by atoms with Gasteiger partial charge in [-0.05, 0) is 25.5 Å². The van der Waals surface area contributed by atoms with Crippen LogP contribution < -0.4 is 16.2 Å².